The number of rotatable bonds is 4. The number of nitrogens with zero attached hydrogens (tertiary/aromatic N) is 1. The number of primary amides is 1. The minimum absolute atomic E-state index is 0.0334. The zero-order valence-electron chi connectivity index (χ0n) is 10.2. The van der Waals surface area contributed by atoms with E-state index in [9.17, 15) is 9.59 Å². The van der Waals surface area contributed by atoms with Crippen LogP contribution >= 0.6 is 11.8 Å². The van der Waals surface area contributed by atoms with Crippen molar-refractivity contribution in [2.75, 3.05) is 5.75 Å². The van der Waals surface area contributed by atoms with Crippen molar-refractivity contribution >= 4 is 23.6 Å². The van der Waals surface area contributed by atoms with Crippen LogP contribution in [0, 0.1) is 0 Å². The lowest BCUT2D eigenvalue weighted by atomic mass is 10.2. The lowest BCUT2D eigenvalue weighted by Gasteiger charge is -2.36. The smallest absolute Gasteiger partial charge is 0.241 e. The number of furan rings is 1. The fourth-order valence-electron chi connectivity index (χ4n) is 1.99. The molecule has 5 nitrogen and oxygen atoms in total. The van der Waals surface area contributed by atoms with Crippen LogP contribution in [0.4, 0.5) is 0 Å². The summed E-state index contributed by atoms with van der Waals surface area (Å²) >= 11 is 1.50. The van der Waals surface area contributed by atoms with Crippen molar-refractivity contribution in [1.29, 1.82) is 0 Å². The Balaban J connectivity index is 2.18. The molecule has 2 heterocycles. The summed E-state index contributed by atoms with van der Waals surface area (Å²) in [6.45, 7) is 2.27. The summed E-state index contributed by atoms with van der Waals surface area (Å²) in [4.78, 5) is 25.2. The van der Waals surface area contributed by atoms with Crippen molar-refractivity contribution in [2.24, 2.45) is 5.73 Å². The third-order valence-corrected chi connectivity index (χ3v) is 4.44. The number of thioether (sulfide) groups is 1. The fraction of sp³-hybridized carbons (Fsp3) is 0.500. The lowest BCUT2D eigenvalue weighted by molar-refractivity contribution is -0.139. The van der Waals surface area contributed by atoms with Crippen molar-refractivity contribution in [2.45, 2.75) is 31.2 Å². The second-order valence-corrected chi connectivity index (χ2v) is 5.43. The molecule has 2 atom stereocenters. The van der Waals surface area contributed by atoms with Crippen LogP contribution in [0.25, 0.3) is 0 Å². The van der Waals surface area contributed by atoms with Gasteiger partial charge in [-0.15, -0.1) is 11.8 Å². The molecule has 98 valence electrons. The van der Waals surface area contributed by atoms with Gasteiger partial charge in [-0.3, -0.25) is 9.59 Å². The molecule has 18 heavy (non-hydrogen) atoms. The molecule has 0 spiro atoms. The highest BCUT2D eigenvalue weighted by Crippen LogP contribution is 2.28. The fourth-order valence-corrected chi connectivity index (χ4v) is 3.27. The number of nitrogens with two attached hydrogens (primary N) is 1. The van der Waals surface area contributed by atoms with Crippen LogP contribution in [0.15, 0.2) is 22.8 Å². The lowest BCUT2D eigenvalue weighted by Crippen LogP contribution is -2.55. The molecule has 1 saturated heterocycles. The van der Waals surface area contributed by atoms with E-state index in [1.54, 1.807) is 18.4 Å². The van der Waals surface area contributed by atoms with E-state index >= 15 is 0 Å². The van der Waals surface area contributed by atoms with Crippen LogP contribution in [-0.2, 0) is 16.1 Å². The summed E-state index contributed by atoms with van der Waals surface area (Å²) in [5.41, 5.74) is 5.36. The van der Waals surface area contributed by atoms with E-state index in [1.165, 1.54) is 16.7 Å². The van der Waals surface area contributed by atoms with Gasteiger partial charge in [0.05, 0.1) is 18.1 Å². The van der Waals surface area contributed by atoms with Crippen LogP contribution in [0.5, 0.6) is 0 Å². The molecule has 0 aliphatic carbocycles. The molecule has 2 amide bonds. The predicted molar refractivity (Wildman–Crippen MR) is 68.8 cm³/mol. The maximum absolute atomic E-state index is 12.3. The third-order valence-electron chi connectivity index (χ3n) is 3.00. The van der Waals surface area contributed by atoms with Crippen molar-refractivity contribution in [3.63, 3.8) is 0 Å². The molecule has 0 bridgehead atoms. The Kier molecular flexibility index (Phi) is 3.96. The van der Waals surface area contributed by atoms with Gasteiger partial charge in [0.25, 0.3) is 0 Å². The molecule has 6 heteroatoms. The zero-order valence-corrected chi connectivity index (χ0v) is 11.0. The predicted octanol–water partition coefficient (Wildman–Crippen LogP) is 0.987. The normalized spacial score (nSPS) is 24.3. The van der Waals surface area contributed by atoms with Crippen LogP contribution in [0.3, 0.4) is 0 Å². The maximum atomic E-state index is 12.3. The highest BCUT2D eigenvalue weighted by atomic mass is 32.2. The van der Waals surface area contributed by atoms with Gasteiger partial charge in [-0.25, -0.2) is 0 Å². The monoisotopic (exact) mass is 268 g/mol. The number of hydrogen-bond donors (Lipinski definition) is 1. The summed E-state index contributed by atoms with van der Waals surface area (Å²) in [6.07, 6.45) is 2.30. The van der Waals surface area contributed by atoms with Crippen molar-refractivity contribution < 1.29 is 14.0 Å². The van der Waals surface area contributed by atoms with E-state index in [-0.39, 0.29) is 11.2 Å². The number of hydrogen-bond acceptors (Lipinski definition) is 4. The first-order chi connectivity index (χ1) is 8.63. The maximum Gasteiger partial charge on any atom is 0.241 e. The summed E-state index contributed by atoms with van der Waals surface area (Å²) < 4.78 is 5.23. The van der Waals surface area contributed by atoms with Gasteiger partial charge < -0.3 is 15.1 Å². The molecule has 2 unspecified atom stereocenters. The Bertz CT molecular complexity index is 433. The van der Waals surface area contributed by atoms with Gasteiger partial charge in [0.2, 0.25) is 11.8 Å². The number of carbonyl (C=O) groups is 2. The first kappa shape index (κ1) is 13.0. The summed E-state index contributed by atoms with van der Waals surface area (Å²) in [5.74, 6) is 0.725. The first-order valence-electron chi connectivity index (χ1n) is 5.87. The summed E-state index contributed by atoms with van der Waals surface area (Å²) in [5, 5.41) is -0.0874. The van der Waals surface area contributed by atoms with Gasteiger partial charge in [0, 0.05) is 5.75 Å². The van der Waals surface area contributed by atoms with Gasteiger partial charge in [-0.05, 0) is 18.6 Å². The van der Waals surface area contributed by atoms with E-state index in [0.717, 1.165) is 6.42 Å². The molecule has 1 aromatic rings. The Morgan fingerprint density at radius 2 is 2.44 bits per heavy atom. The topological polar surface area (TPSA) is 76.5 Å². The van der Waals surface area contributed by atoms with Crippen LogP contribution in [-0.4, -0.2) is 33.8 Å². The molecule has 0 saturated carbocycles. The highest BCUT2D eigenvalue weighted by Gasteiger charge is 2.37. The highest BCUT2D eigenvalue weighted by molar-refractivity contribution is 8.00. The molecular formula is C12H16N2O3S. The van der Waals surface area contributed by atoms with Crippen LogP contribution in [0.1, 0.15) is 19.1 Å². The zero-order chi connectivity index (χ0) is 13.1. The molecule has 1 fully saturated rings. The molecule has 0 radical (unpaired) electrons. The van der Waals surface area contributed by atoms with E-state index in [4.69, 9.17) is 10.2 Å². The largest absolute Gasteiger partial charge is 0.467 e. The molecule has 2 rings (SSSR count). The summed E-state index contributed by atoms with van der Waals surface area (Å²) in [7, 11) is 0. The Labute approximate surface area is 110 Å². The number of amides is 2. The van der Waals surface area contributed by atoms with Crippen molar-refractivity contribution in [3.05, 3.63) is 24.2 Å². The average molecular weight is 268 g/mol. The standard InChI is InChI=1S/C12H16N2O3S/c1-2-10-12(16)14(6-8-4-3-5-17-8)9(7-18-10)11(13)15/h3-5,9-10H,2,6-7H2,1H3,(H2,13,15). The SMILES string of the molecule is CCC1SCC(C(N)=O)N(Cc2ccco2)C1=O. The van der Waals surface area contributed by atoms with Crippen LogP contribution in [0.2, 0.25) is 0 Å². The first-order valence-corrected chi connectivity index (χ1v) is 6.92. The molecule has 1 aromatic heterocycles. The molecule has 1 aliphatic rings. The second-order valence-electron chi connectivity index (χ2n) is 4.19. The molecule has 2 N–H and O–H groups in total. The minimum atomic E-state index is -0.546. The van der Waals surface area contributed by atoms with Gasteiger partial charge in [0.1, 0.15) is 11.8 Å². The van der Waals surface area contributed by atoms with E-state index < -0.39 is 11.9 Å². The van der Waals surface area contributed by atoms with Gasteiger partial charge in [-0.2, -0.15) is 0 Å². The second kappa shape index (κ2) is 5.48. The third kappa shape index (κ3) is 2.53. The van der Waals surface area contributed by atoms with E-state index in [2.05, 4.69) is 0 Å². The van der Waals surface area contributed by atoms with E-state index in [1.807, 2.05) is 6.92 Å². The van der Waals surface area contributed by atoms with Crippen molar-refractivity contribution in [1.82, 2.24) is 4.90 Å². The van der Waals surface area contributed by atoms with E-state index in [0.29, 0.717) is 18.1 Å². The Morgan fingerprint density at radius 3 is 3.00 bits per heavy atom. The average Bonchev–Trinajstić information content (AvgIpc) is 2.84. The van der Waals surface area contributed by atoms with Crippen LogP contribution < -0.4 is 5.73 Å². The van der Waals surface area contributed by atoms with Gasteiger partial charge in [-0.1, -0.05) is 6.92 Å². The van der Waals surface area contributed by atoms with Gasteiger partial charge >= 0.3 is 0 Å². The Morgan fingerprint density at radius 1 is 1.67 bits per heavy atom. The Hall–Kier alpha value is -1.43. The molecule has 1 aliphatic heterocycles. The molecule has 0 aromatic carbocycles. The minimum Gasteiger partial charge on any atom is -0.467 e. The quantitative estimate of drug-likeness (QED) is 0.883. The number of carbonyl (C=O) groups excluding carboxylic acids is 2. The molecular weight excluding hydrogens is 252 g/mol. The van der Waals surface area contributed by atoms with Crippen molar-refractivity contribution in [3.8, 4) is 0 Å². The van der Waals surface area contributed by atoms with Gasteiger partial charge in [0.15, 0.2) is 0 Å². The summed E-state index contributed by atoms with van der Waals surface area (Å²) in [6, 6.07) is 3.00.